The Balaban J connectivity index is 1.88. The third-order valence-corrected chi connectivity index (χ3v) is 5.08. The minimum atomic E-state index is 0.143. The lowest BCUT2D eigenvalue weighted by Gasteiger charge is -2.41. The molecule has 0 saturated carbocycles. The largest absolute Gasteiger partial charge is 0.381 e. The van der Waals surface area contributed by atoms with E-state index in [4.69, 9.17) is 4.74 Å². The van der Waals surface area contributed by atoms with E-state index < -0.39 is 0 Å². The number of ether oxygens (including phenoxy) is 1. The van der Waals surface area contributed by atoms with E-state index in [1.54, 1.807) is 0 Å². The lowest BCUT2D eigenvalue weighted by atomic mass is 9.79. The molecule has 13 heavy (non-hydrogen) atoms. The molecule has 2 aliphatic heterocycles. The SMILES string of the molecule is C[SH](C)N1CCC2(CCOC2)CC1. The molecule has 2 fully saturated rings. The number of rotatable bonds is 1. The molecule has 2 heterocycles. The van der Waals surface area contributed by atoms with Gasteiger partial charge >= 0.3 is 0 Å². The lowest BCUT2D eigenvalue weighted by Crippen LogP contribution is -2.38. The quantitative estimate of drug-likeness (QED) is 0.651. The Morgan fingerprint density at radius 3 is 2.31 bits per heavy atom. The smallest absolute Gasteiger partial charge is 0.0524 e. The van der Waals surface area contributed by atoms with Gasteiger partial charge in [0, 0.05) is 19.7 Å². The zero-order valence-corrected chi connectivity index (χ0v) is 9.65. The molecule has 0 radical (unpaired) electrons. The van der Waals surface area contributed by atoms with Crippen LogP contribution in [0.5, 0.6) is 0 Å². The molecule has 3 heteroatoms. The minimum absolute atomic E-state index is 0.143. The average Bonchev–Trinajstić information content (AvgIpc) is 2.54. The third-order valence-electron chi connectivity index (χ3n) is 3.55. The van der Waals surface area contributed by atoms with E-state index in [0.717, 1.165) is 13.2 Å². The summed E-state index contributed by atoms with van der Waals surface area (Å²) >= 11 is 0.143. The van der Waals surface area contributed by atoms with Crippen molar-refractivity contribution in [1.29, 1.82) is 0 Å². The van der Waals surface area contributed by atoms with Gasteiger partial charge in [0.05, 0.1) is 6.61 Å². The normalized spacial score (nSPS) is 29.5. The molecule has 2 rings (SSSR count). The average molecular weight is 203 g/mol. The van der Waals surface area contributed by atoms with Gasteiger partial charge in [0.15, 0.2) is 0 Å². The lowest BCUT2D eigenvalue weighted by molar-refractivity contribution is 0.111. The Labute approximate surface area is 84.1 Å². The first kappa shape index (κ1) is 9.81. The molecule has 0 aromatic heterocycles. The van der Waals surface area contributed by atoms with Gasteiger partial charge in [0.2, 0.25) is 0 Å². The van der Waals surface area contributed by atoms with Gasteiger partial charge in [-0.2, -0.15) is 0 Å². The Morgan fingerprint density at radius 1 is 1.15 bits per heavy atom. The summed E-state index contributed by atoms with van der Waals surface area (Å²) in [6.07, 6.45) is 8.77. The summed E-state index contributed by atoms with van der Waals surface area (Å²) < 4.78 is 8.17. The van der Waals surface area contributed by atoms with Gasteiger partial charge in [-0.25, -0.2) is 11.1 Å². The fraction of sp³-hybridized carbons (Fsp3) is 1.00. The van der Waals surface area contributed by atoms with Crippen molar-refractivity contribution in [2.24, 2.45) is 5.41 Å². The highest BCUT2D eigenvalue weighted by atomic mass is 32.2. The second kappa shape index (κ2) is 3.79. The van der Waals surface area contributed by atoms with Crippen molar-refractivity contribution in [3.05, 3.63) is 0 Å². The van der Waals surface area contributed by atoms with Crippen LogP contribution in [0.4, 0.5) is 0 Å². The van der Waals surface area contributed by atoms with Gasteiger partial charge in [-0.05, 0) is 37.2 Å². The molecule has 0 aliphatic carbocycles. The zero-order chi connectivity index (χ0) is 9.31. The molecule has 2 saturated heterocycles. The maximum Gasteiger partial charge on any atom is 0.0524 e. The molecular weight excluding hydrogens is 182 g/mol. The van der Waals surface area contributed by atoms with Crippen LogP contribution in [0.15, 0.2) is 0 Å². The van der Waals surface area contributed by atoms with E-state index in [-0.39, 0.29) is 11.1 Å². The van der Waals surface area contributed by atoms with Crippen LogP contribution < -0.4 is 0 Å². The van der Waals surface area contributed by atoms with Crippen LogP contribution in [0.2, 0.25) is 0 Å². The van der Waals surface area contributed by atoms with Crippen molar-refractivity contribution in [3.8, 4) is 0 Å². The van der Waals surface area contributed by atoms with Crippen molar-refractivity contribution in [2.45, 2.75) is 19.3 Å². The maximum absolute atomic E-state index is 5.52. The first-order valence-electron chi connectivity index (χ1n) is 5.22. The van der Waals surface area contributed by atoms with Crippen LogP contribution >= 0.6 is 11.1 Å². The van der Waals surface area contributed by atoms with E-state index in [1.165, 1.54) is 32.4 Å². The first-order valence-corrected chi connectivity index (χ1v) is 7.41. The monoisotopic (exact) mass is 203 g/mol. The van der Waals surface area contributed by atoms with Gasteiger partial charge < -0.3 is 4.74 Å². The van der Waals surface area contributed by atoms with Gasteiger partial charge in [-0.15, -0.1) is 0 Å². The van der Waals surface area contributed by atoms with E-state index in [1.807, 2.05) is 0 Å². The van der Waals surface area contributed by atoms with Crippen LogP contribution in [-0.4, -0.2) is 43.1 Å². The fourth-order valence-corrected chi connectivity index (χ4v) is 3.41. The third kappa shape index (κ3) is 2.03. The molecule has 0 amide bonds. The zero-order valence-electron chi connectivity index (χ0n) is 8.75. The Kier molecular flexibility index (Phi) is 2.86. The Hall–Kier alpha value is 0.270. The predicted octanol–water partition coefficient (Wildman–Crippen LogP) is 1.66. The minimum Gasteiger partial charge on any atom is -0.381 e. The Bertz CT molecular complexity index is 168. The highest BCUT2D eigenvalue weighted by Gasteiger charge is 2.37. The topological polar surface area (TPSA) is 12.5 Å². The van der Waals surface area contributed by atoms with Crippen LogP contribution in [0.25, 0.3) is 0 Å². The number of nitrogens with zero attached hydrogens (tertiary/aromatic N) is 1. The van der Waals surface area contributed by atoms with Gasteiger partial charge in [-0.1, -0.05) is 0 Å². The summed E-state index contributed by atoms with van der Waals surface area (Å²) in [5.41, 5.74) is 0.585. The van der Waals surface area contributed by atoms with Crippen molar-refractivity contribution in [3.63, 3.8) is 0 Å². The highest BCUT2D eigenvalue weighted by molar-refractivity contribution is 8.13. The van der Waals surface area contributed by atoms with E-state index in [0.29, 0.717) is 5.41 Å². The van der Waals surface area contributed by atoms with E-state index in [2.05, 4.69) is 16.8 Å². The number of thiol groups is 1. The molecule has 1 spiro atoms. The molecule has 0 N–H and O–H groups in total. The van der Waals surface area contributed by atoms with Gasteiger partial charge in [0.1, 0.15) is 0 Å². The Morgan fingerprint density at radius 2 is 1.85 bits per heavy atom. The van der Waals surface area contributed by atoms with Crippen molar-refractivity contribution in [1.82, 2.24) is 4.31 Å². The van der Waals surface area contributed by atoms with Gasteiger partial charge in [-0.3, -0.25) is 4.31 Å². The highest BCUT2D eigenvalue weighted by Crippen LogP contribution is 2.41. The maximum atomic E-state index is 5.52. The summed E-state index contributed by atoms with van der Waals surface area (Å²) in [5.74, 6) is 0. The van der Waals surface area contributed by atoms with Gasteiger partial charge in [0.25, 0.3) is 0 Å². The number of piperidine rings is 1. The van der Waals surface area contributed by atoms with E-state index in [9.17, 15) is 0 Å². The molecule has 0 bridgehead atoms. The predicted molar refractivity (Wildman–Crippen MR) is 59.5 cm³/mol. The molecule has 0 unspecified atom stereocenters. The summed E-state index contributed by atoms with van der Waals surface area (Å²) in [7, 11) is 0. The van der Waals surface area contributed by atoms with Crippen LogP contribution in [0, 0.1) is 5.41 Å². The molecule has 0 aromatic carbocycles. The van der Waals surface area contributed by atoms with Crippen LogP contribution in [0.1, 0.15) is 19.3 Å². The molecule has 0 atom stereocenters. The molecule has 0 aromatic rings. The van der Waals surface area contributed by atoms with E-state index >= 15 is 0 Å². The first-order chi connectivity index (χ1) is 6.22. The summed E-state index contributed by atoms with van der Waals surface area (Å²) in [6, 6.07) is 0. The van der Waals surface area contributed by atoms with Crippen molar-refractivity contribution >= 4 is 11.1 Å². The molecular formula is C10H21NOS. The number of hydrogen-bond acceptors (Lipinski definition) is 2. The van der Waals surface area contributed by atoms with Crippen LogP contribution in [0.3, 0.4) is 0 Å². The standard InChI is InChI=1S/C10H21NOS/c1-13(2)11-6-3-10(4-7-11)5-8-12-9-10/h13H,3-9H2,1-2H3. The summed E-state index contributed by atoms with van der Waals surface area (Å²) in [5, 5.41) is 0. The second-order valence-electron chi connectivity index (χ2n) is 4.60. The van der Waals surface area contributed by atoms with Crippen LogP contribution in [-0.2, 0) is 4.74 Å². The van der Waals surface area contributed by atoms with Crippen molar-refractivity contribution < 1.29 is 4.74 Å². The fourth-order valence-electron chi connectivity index (χ4n) is 2.41. The van der Waals surface area contributed by atoms with Crippen molar-refractivity contribution in [2.75, 3.05) is 38.8 Å². The number of hydrogen-bond donors (Lipinski definition) is 1. The molecule has 2 nitrogen and oxygen atoms in total. The summed E-state index contributed by atoms with van der Waals surface area (Å²) in [4.78, 5) is 0. The summed E-state index contributed by atoms with van der Waals surface area (Å²) in [6.45, 7) is 4.66. The molecule has 2 aliphatic rings. The molecule has 78 valence electrons. The second-order valence-corrected chi connectivity index (χ2v) is 6.86.